The van der Waals surface area contributed by atoms with Crippen LogP contribution in [0.5, 0.6) is 0 Å². The molecule has 2 aromatic heterocycles. The van der Waals surface area contributed by atoms with Crippen LogP contribution in [0.25, 0.3) is 11.5 Å². The third-order valence-corrected chi connectivity index (χ3v) is 6.39. The van der Waals surface area contributed by atoms with E-state index in [9.17, 15) is 0 Å². The number of fused-ring (bicyclic) bond motifs is 3. The SMILES string of the molecule is CCc1nn(C2CCCC2)c2c1CCn1c-2nnc1C1CCCC1. The van der Waals surface area contributed by atoms with Crippen LogP contribution in [0.2, 0.25) is 0 Å². The topological polar surface area (TPSA) is 48.5 Å². The molecule has 0 spiro atoms. The van der Waals surface area contributed by atoms with E-state index in [1.54, 1.807) is 0 Å². The summed E-state index contributed by atoms with van der Waals surface area (Å²) in [5, 5.41) is 14.4. The van der Waals surface area contributed by atoms with Crippen LogP contribution in [-0.2, 0) is 19.4 Å². The first kappa shape index (κ1) is 14.7. The zero-order valence-electron chi connectivity index (χ0n) is 14.7. The lowest BCUT2D eigenvalue weighted by Gasteiger charge is -2.21. The summed E-state index contributed by atoms with van der Waals surface area (Å²) in [6.07, 6.45) is 12.6. The number of hydrogen-bond donors (Lipinski definition) is 0. The molecule has 3 heterocycles. The zero-order valence-corrected chi connectivity index (χ0v) is 14.7. The minimum Gasteiger partial charge on any atom is -0.309 e. The van der Waals surface area contributed by atoms with Crippen LogP contribution in [-0.4, -0.2) is 24.5 Å². The molecule has 1 aliphatic heterocycles. The van der Waals surface area contributed by atoms with Crippen LogP contribution in [0, 0.1) is 0 Å². The van der Waals surface area contributed by atoms with E-state index in [0.717, 1.165) is 25.2 Å². The van der Waals surface area contributed by atoms with Gasteiger partial charge in [0.25, 0.3) is 0 Å². The fourth-order valence-corrected chi connectivity index (χ4v) is 5.13. The zero-order chi connectivity index (χ0) is 16.1. The Balaban J connectivity index is 1.63. The molecule has 0 unspecified atom stereocenters. The Hall–Kier alpha value is -1.65. The fraction of sp³-hybridized carbons (Fsp3) is 0.737. The maximum atomic E-state index is 5.03. The average molecular weight is 325 g/mol. The highest BCUT2D eigenvalue weighted by atomic mass is 15.4. The van der Waals surface area contributed by atoms with Gasteiger partial charge < -0.3 is 4.57 Å². The molecule has 3 aliphatic rings. The van der Waals surface area contributed by atoms with Gasteiger partial charge in [-0.05, 0) is 38.5 Å². The van der Waals surface area contributed by atoms with Crippen molar-refractivity contribution in [2.75, 3.05) is 0 Å². The second-order valence-corrected chi connectivity index (χ2v) is 7.78. The maximum absolute atomic E-state index is 5.03. The van der Waals surface area contributed by atoms with E-state index in [-0.39, 0.29) is 0 Å². The Bertz CT molecular complexity index is 744. The molecule has 0 saturated heterocycles. The first-order chi connectivity index (χ1) is 11.9. The second kappa shape index (κ2) is 5.71. The molecule has 24 heavy (non-hydrogen) atoms. The third-order valence-electron chi connectivity index (χ3n) is 6.39. The average Bonchev–Trinajstić information content (AvgIpc) is 3.38. The summed E-state index contributed by atoms with van der Waals surface area (Å²) in [7, 11) is 0. The number of rotatable bonds is 3. The molecule has 0 bridgehead atoms. The highest BCUT2D eigenvalue weighted by molar-refractivity contribution is 5.60. The minimum atomic E-state index is 0.567. The summed E-state index contributed by atoms with van der Waals surface area (Å²) < 4.78 is 4.75. The van der Waals surface area contributed by atoms with Gasteiger partial charge >= 0.3 is 0 Å². The monoisotopic (exact) mass is 325 g/mol. The Labute approximate surface area is 143 Å². The molecule has 2 aliphatic carbocycles. The number of aromatic nitrogens is 5. The van der Waals surface area contributed by atoms with E-state index in [2.05, 4.69) is 26.4 Å². The molecule has 2 aromatic rings. The number of aryl methyl sites for hydroxylation is 1. The third kappa shape index (κ3) is 2.09. The van der Waals surface area contributed by atoms with Crippen LogP contribution in [0.15, 0.2) is 0 Å². The normalized spacial score (nSPS) is 21.4. The first-order valence-corrected chi connectivity index (χ1v) is 9.90. The molecule has 0 radical (unpaired) electrons. The van der Waals surface area contributed by atoms with Crippen LogP contribution in [0.3, 0.4) is 0 Å². The van der Waals surface area contributed by atoms with Crippen LogP contribution in [0.1, 0.15) is 87.3 Å². The van der Waals surface area contributed by atoms with Gasteiger partial charge in [0.05, 0.1) is 11.7 Å². The van der Waals surface area contributed by atoms with Crippen LogP contribution < -0.4 is 0 Å². The van der Waals surface area contributed by atoms with Gasteiger partial charge in [0.15, 0.2) is 5.82 Å². The van der Waals surface area contributed by atoms with Gasteiger partial charge in [0.2, 0.25) is 0 Å². The Morgan fingerprint density at radius 3 is 2.50 bits per heavy atom. The Kier molecular flexibility index (Phi) is 3.49. The predicted octanol–water partition coefficient (Wildman–Crippen LogP) is 4.03. The molecule has 5 nitrogen and oxygen atoms in total. The molecule has 0 aromatic carbocycles. The molecular weight excluding hydrogens is 298 g/mol. The van der Waals surface area contributed by atoms with Crippen molar-refractivity contribution in [2.45, 2.75) is 89.6 Å². The van der Waals surface area contributed by atoms with Crippen molar-refractivity contribution >= 4 is 0 Å². The van der Waals surface area contributed by atoms with E-state index in [1.807, 2.05) is 0 Å². The van der Waals surface area contributed by atoms with E-state index >= 15 is 0 Å². The Morgan fingerprint density at radius 2 is 1.75 bits per heavy atom. The molecule has 5 rings (SSSR count). The van der Waals surface area contributed by atoms with Crippen molar-refractivity contribution in [3.05, 3.63) is 17.1 Å². The smallest absolute Gasteiger partial charge is 0.182 e. The fourth-order valence-electron chi connectivity index (χ4n) is 5.13. The minimum absolute atomic E-state index is 0.567. The van der Waals surface area contributed by atoms with Crippen molar-refractivity contribution < 1.29 is 0 Å². The van der Waals surface area contributed by atoms with E-state index in [4.69, 9.17) is 5.10 Å². The number of hydrogen-bond acceptors (Lipinski definition) is 3. The van der Waals surface area contributed by atoms with Crippen molar-refractivity contribution in [1.29, 1.82) is 0 Å². The second-order valence-electron chi connectivity index (χ2n) is 7.78. The molecule has 5 heteroatoms. The molecule has 128 valence electrons. The van der Waals surface area contributed by atoms with Gasteiger partial charge in [-0.2, -0.15) is 5.10 Å². The predicted molar refractivity (Wildman–Crippen MR) is 93.0 cm³/mol. The van der Waals surface area contributed by atoms with Crippen LogP contribution >= 0.6 is 0 Å². The molecule has 2 saturated carbocycles. The van der Waals surface area contributed by atoms with Crippen molar-refractivity contribution in [2.24, 2.45) is 0 Å². The lowest BCUT2D eigenvalue weighted by molar-refractivity contribution is 0.464. The maximum Gasteiger partial charge on any atom is 0.182 e. The van der Waals surface area contributed by atoms with E-state index in [0.29, 0.717) is 12.0 Å². The van der Waals surface area contributed by atoms with Crippen LogP contribution in [0.4, 0.5) is 0 Å². The molecule has 0 atom stereocenters. The molecule has 2 fully saturated rings. The first-order valence-electron chi connectivity index (χ1n) is 9.90. The largest absolute Gasteiger partial charge is 0.309 e. The quantitative estimate of drug-likeness (QED) is 0.856. The summed E-state index contributed by atoms with van der Waals surface area (Å²) in [6.45, 7) is 3.26. The summed E-state index contributed by atoms with van der Waals surface area (Å²) in [6, 6.07) is 0.567. The lowest BCUT2D eigenvalue weighted by atomic mass is 10.0. The Morgan fingerprint density at radius 1 is 1.00 bits per heavy atom. The van der Waals surface area contributed by atoms with Crippen molar-refractivity contribution in [3.63, 3.8) is 0 Å². The van der Waals surface area contributed by atoms with E-state index < -0.39 is 0 Å². The summed E-state index contributed by atoms with van der Waals surface area (Å²) in [5.74, 6) is 2.96. The van der Waals surface area contributed by atoms with Gasteiger partial charge in [-0.25, -0.2) is 0 Å². The summed E-state index contributed by atoms with van der Waals surface area (Å²) in [4.78, 5) is 0. The highest BCUT2D eigenvalue weighted by Crippen LogP contribution is 2.40. The lowest BCUT2D eigenvalue weighted by Crippen LogP contribution is -2.18. The van der Waals surface area contributed by atoms with Crippen molar-refractivity contribution in [3.8, 4) is 11.5 Å². The van der Waals surface area contributed by atoms with Gasteiger partial charge in [-0.15, -0.1) is 10.2 Å². The summed E-state index contributed by atoms with van der Waals surface area (Å²) >= 11 is 0. The summed E-state index contributed by atoms with van der Waals surface area (Å²) in [5.41, 5.74) is 4.03. The van der Waals surface area contributed by atoms with Gasteiger partial charge in [-0.3, -0.25) is 4.68 Å². The van der Waals surface area contributed by atoms with Gasteiger partial charge in [0.1, 0.15) is 11.5 Å². The standard InChI is InChI=1S/C19H27N5/c1-2-16-15-11-12-23-18(13-7-3-4-8-13)20-21-19(23)17(15)24(22-16)14-9-5-6-10-14/h13-14H,2-12H2,1H3. The van der Waals surface area contributed by atoms with Gasteiger partial charge in [-0.1, -0.05) is 32.6 Å². The van der Waals surface area contributed by atoms with Crippen molar-refractivity contribution in [1.82, 2.24) is 24.5 Å². The van der Waals surface area contributed by atoms with E-state index in [1.165, 1.54) is 74.1 Å². The molecule has 0 N–H and O–H groups in total. The highest BCUT2D eigenvalue weighted by Gasteiger charge is 2.33. The molecule has 0 amide bonds. The molecular formula is C19H27N5. The number of nitrogens with zero attached hydrogens (tertiary/aromatic N) is 5. The van der Waals surface area contributed by atoms with Gasteiger partial charge in [0, 0.05) is 18.0 Å².